The third-order valence-corrected chi connectivity index (χ3v) is 6.59. The first-order valence-electron chi connectivity index (χ1n) is 12.3. The van der Waals surface area contributed by atoms with E-state index in [1.165, 1.54) is 0 Å². The Balaban J connectivity index is 0.000000604. The molecule has 0 aromatic heterocycles. The summed E-state index contributed by atoms with van der Waals surface area (Å²) in [6.07, 6.45) is 0.180. The Hall–Kier alpha value is -3.15. The monoisotopic (exact) mass is 529 g/mol. The zero-order valence-electron chi connectivity index (χ0n) is 20.5. The standard InChI is InChI=1S/C23H33N3O4.C2HF3O2/c27-21(9-8-17-10-12-24-13-11-17)26-14-4-7-19(16-26)22(28)25-15-20(23(29)30)18-5-2-1-3-6-18;3-2(4,5)1(6)7/h1-3,5-6,17,19-20,24H,4,7-16H2,(H,25,28)(H,29,30);(H,6,7)/t19-,20+;/m1./s1. The highest BCUT2D eigenvalue weighted by atomic mass is 19.4. The number of carbonyl (C=O) groups excluding carboxylic acids is 2. The predicted octanol–water partition coefficient (Wildman–Crippen LogP) is 2.62. The van der Waals surface area contributed by atoms with E-state index in [4.69, 9.17) is 9.90 Å². The van der Waals surface area contributed by atoms with E-state index in [1.807, 2.05) is 11.0 Å². The summed E-state index contributed by atoms with van der Waals surface area (Å²) in [6.45, 7) is 3.26. The van der Waals surface area contributed by atoms with Crippen molar-refractivity contribution in [2.45, 2.75) is 50.6 Å². The van der Waals surface area contributed by atoms with Crippen molar-refractivity contribution in [1.29, 1.82) is 0 Å². The van der Waals surface area contributed by atoms with Crippen LogP contribution in [0.15, 0.2) is 30.3 Å². The summed E-state index contributed by atoms with van der Waals surface area (Å²) in [6, 6.07) is 8.94. The van der Waals surface area contributed by atoms with E-state index in [1.54, 1.807) is 24.3 Å². The Morgan fingerprint density at radius 3 is 2.24 bits per heavy atom. The van der Waals surface area contributed by atoms with Crippen LogP contribution in [0.2, 0.25) is 0 Å². The number of likely N-dealkylation sites (tertiary alicyclic amines) is 1. The molecule has 12 heteroatoms. The number of piperidine rings is 2. The number of rotatable bonds is 8. The number of carboxylic acids is 2. The number of carbonyl (C=O) groups is 4. The van der Waals surface area contributed by atoms with Crippen molar-refractivity contribution in [2.75, 3.05) is 32.7 Å². The number of carboxylic acid groups (broad SMARTS) is 2. The number of alkyl halides is 3. The molecule has 1 aromatic carbocycles. The molecule has 2 amide bonds. The minimum absolute atomic E-state index is 0.0539. The Morgan fingerprint density at radius 1 is 1.05 bits per heavy atom. The predicted molar refractivity (Wildman–Crippen MR) is 128 cm³/mol. The van der Waals surface area contributed by atoms with E-state index in [-0.39, 0.29) is 24.3 Å². The van der Waals surface area contributed by atoms with Gasteiger partial charge in [-0.25, -0.2) is 4.79 Å². The van der Waals surface area contributed by atoms with Gasteiger partial charge in [0.1, 0.15) is 0 Å². The van der Waals surface area contributed by atoms with Gasteiger partial charge in [-0.1, -0.05) is 30.3 Å². The minimum Gasteiger partial charge on any atom is -0.481 e. The zero-order chi connectivity index (χ0) is 27.4. The second-order valence-electron chi connectivity index (χ2n) is 9.26. The normalized spacial score (nSPS) is 19.2. The van der Waals surface area contributed by atoms with E-state index in [9.17, 15) is 32.7 Å². The number of nitrogens with zero attached hydrogens (tertiary/aromatic N) is 1. The Bertz CT molecular complexity index is 907. The molecule has 1 aromatic rings. The van der Waals surface area contributed by atoms with Crippen LogP contribution in [0.1, 0.15) is 50.0 Å². The van der Waals surface area contributed by atoms with Crippen LogP contribution in [0.5, 0.6) is 0 Å². The van der Waals surface area contributed by atoms with E-state index < -0.39 is 24.0 Å². The number of aliphatic carboxylic acids is 2. The molecule has 2 aliphatic heterocycles. The van der Waals surface area contributed by atoms with Crippen molar-refractivity contribution >= 4 is 23.8 Å². The highest BCUT2D eigenvalue weighted by Gasteiger charge is 2.38. The molecular weight excluding hydrogens is 495 g/mol. The van der Waals surface area contributed by atoms with Gasteiger partial charge in [-0.15, -0.1) is 0 Å². The SMILES string of the molecule is O=C(NC[C@H](C(=O)O)c1ccccc1)[C@@H]1CCCN(C(=O)CCC2CCNCC2)C1.O=C(O)C(F)(F)F. The molecule has 206 valence electrons. The molecule has 0 spiro atoms. The lowest BCUT2D eigenvalue weighted by Crippen LogP contribution is -2.46. The molecule has 0 bridgehead atoms. The molecule has 2 atom stereocenters. The average molecular weight is 530 g/mol. The Morgan fingerprint density at radius 2 is 1.68 bits per heavy atom. The fourth-order valence-electron chi connectivity index (χ4n) is 4.45. The van der Waals surface area contributed by atoms with Gasteiger partial charge in [0, 0.05) is 26.1 Å². The van der Waals surface area contributed by atoms with Gasteiger partial charge in [-0.3, -0.25) is 14.4 Å². The molecule has 4 N–H and O–H groups in total. The van der Waals surface area contributed by atoms with Crippen molar-refractivity contribution in [1.82, 2.24) is 15.5 Å². The summed E-state index contributed by atoms with van der Waals surface area (Å²) in [7, 11) is 0. The van der Waals surface area contributed by atoms with Crippen LogP contribution in [0.4, 0.5) is 13.2 Å². The summed E-state index contributed by atoms with van der Waals surface area (Å²) < 4.78 is 31.7. The molecule has 37 heavy (non-hydrogen) atoms. The zero-order valence-corrected chi connectivity index (χ0v) is 20.5. The van der Waals surface area contributed by atoms with Gasteiger partial charge in [0.25, 0.3) is 0 Å². The molecule has 2 aliphatic rings. The highest BCUT2D eigenvalue weighted by molar-refractivity contribution is 5.83. The van der Waals surface area contributed by atoms with Gasteiger partial charge in [-0.05, 0) is 56.7 Å². The number of halogens is 3. The average Bonchev–Trinajstić information content (AvgIpc) is 2.88. The number of amides is 2. The first-order valence-corrected chi connectivity index (χ1v) is 12.3. The topological polar surface area (TPSA) is 136 Å². The van der Waals surface area contributed by atoms with E-state index in [0.29, 0.717) is 31.0 Å². The van der Waals surface area contributed by atoms with Gasteiger partial charge in [-0.2, -0.15) is 13.2 Å². The van der Waals surface area contributed by atoms with Crippen LogP contribution < -0.4 is 10.6 Å². The Labute approximate surface area is 213 Å². The molecule has 0 aliphatic carbocycles. The summed E-state index contributed by atoms with van der Waals surface area (Å²) in [5.74, 6) is -4.17. The fraction of sp³-hybridized carbons (Fsp3) is 0.600. The van der Waals surface area contributed by atoms with Crippen LogP contribution in [0.3, 0.4) is 0 Å². The summed E-state index contributed by atoms with van der Waals surface area (Å²) in [5.41, 5.74) is 0.670. The number of hydrogen-bond donors (Lipinski definition) is 4. The lowest BCUT2D eigenvalue weighted by molar-refractivity contribution is -0.192. The van der Waals surface area contributed by atoms with Gasteiger partial charge in [0.05, 0.1) is 11.8 Å². The van der Waals surface area contributed by atoms with Crippen LogP contribution in [0.25, 0.3) is 0 Å². The molecule has 2 fully saturated rings. The molecule has 9 nitrogen and oxygen atoms in total. The molecule has 2 saturated heterocycles. The van der Waals surface area contributed by atoms with Crippen LogP contribution >= 0.6 is 0 Å². The lowest BCUT2D eigenvalue weighted by Gasteiger charge is -2.33. The third-order valence-electron chi connectivity index (χ3n) is 6.59. The maximum Gasteiger partial charge on any atom is 0.490 e. The van der Waals surface area contributed by atoms with Crippen LogP contribution in [-0.4, -0.2) is 77.8 Å². The van der Waals surface area contributed by atoms with Crippen molar-refractivity contribution in [2.24, 2.45) is 11.8 Å². The first kappa shape index (κ1) is 30.1. The van der Waals surface area contributed by atoms with Crippen molar-refractivity contribution in [3.63, 3.8) is 0 Å². The molecule has 0 unspecified atom stereocenters. The van der Waals surface area contributed by atoms with Crippen molar-refractivity contribution in [3.8, 4) is 0 Å². The van der Waals surface area contributed by atoms with E-state index in [0.717, 1.165) is 45.2 Å². The van der Waals surface area contributed by atoms with E-state index >= 15 is 0 Å². The molecular formula is C25H34F3N3O6. The van der Waals surface area contributed by atoms with Crippen LogP contribution in [-0.2, 0) is 19.2 Å². The summed E-state index contributed by atoms with van der Waals surface area (Å²) in [4.78, 5) is 47.7. The fourth-order valence-corrected chi connectivity index (χ4v) is 4.45. The quantitative estimate of drug-likeness (QED) is 0.407. The van der Waals surface area contributed by atoms with Gasteiger partial charge >= 0.3 is 18.1 Å². The van der Waals surface area contributed by atoms with Crippen molar-refractivity contribution < 1.29 is 42.6 Å². The second-order valence-corrected chi connectivity index (χ2v) is 9.26. The molecule has 0 radical (unpaired) electrons. The van der Waals surface area contributed by atoms with Crippen molar-refractivity contribution in [3.05, 3.63) is 35.9 Å². The highest BCUT2D eigenvalue weighted by Crippen LogP contribution is 2.22. The number of hydrogen-bond acceptors (Lipinski definition) is 5. The molecule has 0 saturated carbocycles. The largest absolute Gasteiger partial charge is 0.490 e. The minimum atomic E-state index is -5.08. The van der Waals surface area contributed by atoms with Gasteiger partial charge in [0.2, 0.25) is 11.8 Å². The molecule has 2 heterocycles. The maximum absolute atomic E-state index is 12.7. The second kappa shape index (κ2) is 14.6. The lowest BCUT2D eigenvalue weighted by atomic mass is 9.92. The number of nitrogens with one attached hydrogen (secondary N) is 2. The third kappa shape index (κ3) is 10.4. The van der Waals surface area contributed by atoms with E-state index in [2.05, 4.69) is 10.6 Å². The maximum atomic E-state index is 12.7. The van der Waals surface area contributed by atoms with Crippen LogP contribution in [0, 0.1) is 11.8 Å². The number of benzene rings is 1. The Kier molecular flexibility index (Phi) is 11.8. The summed E-state index contributed by atoms with van der Waals surface area (Å²) in [5, 5.41) is 22.8. The molecule has 3 rings (SSSR count). The van der Waals surface area contributed by atoms with Gasteiger partial charge in [0.15, 0.2) is 0 Å². The van der Waals surface area contributed by atoms with Gasteiger partial charge < -0.3 is 25.7 Å². The smallest absolute Gasteiger partial charge is 0.481 e. The first-order chi connectivity index (χ1) is 17.5. The summed E-state index contributed by atoms with van der Waals surface area (Å²) >= 11 is 0.